The van der Waals surface area contributed by atoms with Gasteiger partial charge in [-0.1, -0.05) is 59.8 Å². The second-order valence-corrected chi connectivity index (χ2v) is 8.74. The molecule has 39 heavy (non-hydrogen) atoms. The number of nitrogens with zero attached hydrogens (tertiary/aromatic N) is 5. The summed E-state index contributed by atoms with van der Waals surface area (Å²) >= 11 is 0. The number of methoxy groups -OCH3 is 2. The van der Waals surface area contributed by atoms with Crippen molar-refractivity contribution in [1.29, 1.82) is 5.26 Å². The third-order valence-electron chi connectivity index (χ3n) is 6.56. The van der Waals surface area contributed by atoms with Gasteiger partial charge in [0.25, 0.3) is 0 Å². The fourth-order valence-electron chi connectivity index (χ4n) is 4.74. The number of fused-ring (bicyclic) bond motifs is 1. The van der Waals surface area contributed by atoms with Crippen LogP contribution in [-0.4, -0.2) is 41.2 Å². The SMILES string of the molecule is COC(=O)C1=C(C(=O)OC)N(c2ccc(Cn3nnc4ccccc43)cc2)C(N)=C(C#N)C1c1ccccc1. The van der Waals surface area contributed by atoms with E-state index in [1.54, 1.807) is 41.1 Å². The van der Waals surface area contributed by atoms with Gasteiger partial charge >= 0.3 is 11.9 Å². The first-order valence-electron chi connectivity index (χ1n) is 12.0. The molecular formula is C29H24N6O4. The summed E-state index contributed by atoms with van der Waals surface area (Å²) in [7, 11) is 2.43. The monoisotopic (exact) mass is 520 g/mol. The van der Waals surface area contributed by atoms with E-state index in [9.17, 15) is 14.9 Å². The van der Waals surface area contributed by atoms with Crippen LogP contribution in [0.25, 0.3) is 11.0 Å². The van der Waals surface area contributed by atoms with Crippen LogP contribution in [0.4, 0.5) is 5.69 Å². The molecule has 10 nitrogen and oxygen atoms in total. The maximum absolute atomic E-state index is 13.2. The summed E-state index contributed by atoms with van der Waals surface area (Å²) in [5, 5.41) is 18.6. The number of anilines is 1. The first-order valence-corrected chi connectivity index (χ1v) is 12.0. The molecule has 0 saturated carbocycles. The minimum absolute atomic E-state index is 0.00873. The van der Waals surface area contributed by atoms with Gasteiger partial charge in [-0.15, -0.1) is 5.10 Å². The first kappa shape index (κ1) is 25.2. The van der Waals surface area contributed by atoms with E-state index in [1.807, 2.05) is 42.5 Å². The lowest BCUT2D eigenvalue weighted by Crippen LogP contribution is -2.40. The number of aromatic nitrogens is 3. The van der Waals surface area contributed by atoms with Crippen molar-refractivity contribution >= 4 is 28.7 Å². The van der Waals surface area contributed by atoms with E-state index in [0.29, 0.717) is 17.8 Å². The maximum Gasteiger partial charge on any atom is 0.355 e. The van der Waals surface area contributed by atoms with Gasteiger partial charge < -0.3 is 15.2 Å². The van der Waals surface area contributed by atoms with Crippen LogP contribution >= 0.6 is 0 Å². The number of hydrogen-bond donors (Lipinski definition) is 1. The molecule has 1 aliphatic rings. The zero-order valence-corrected chi connectivity index (χ0v) is 21.2. The molecule has 0 bridgehead atoms. The lowest BCUT2D eigenvalue weighted by molar-refractivity contribution is -0.139. The van der Waals surface area contributed by atoms with Crippen molar-refractivity contribution in [3.63, 3.8) is 0 Å². The number of carbonyl (C=O) groups excluding carboxylic acids is 2. The number of carbonyl (C=O) groups is 2. The number of benzene rings is 3. The molecule has 0 spiro atoms. The molecule has 5 rings (SSSR count). The third-order valence-corrected chi connectivity index (χ3v) is 6.56. The molecule has 3 aromatic carbocycles. The van der Waals surface area contributed by atoms with Crippen LogP contribution in [0.1, 0.15) is 17.0 Å². The maximum atomic E-state index is 13.2. The summed E-state index contributed by atoms with van der Waals surface area (Å²) in [4.78, 5) is 27.7. The smallest absolute Gasteiger partial charge is 0.355 e. The molecule has 10 heteroatoms. The molecule has 2 N–H and O–H groups in total. The van der Waals surface area contributed by atoms with Crippen LogP contribution in [0.5, 0.6) is 0 Å². The van der Waals surface area contributed by atoms with Gasteiger partial charge in [-0.05, 0) is 35.4 Å². The minimum atomic E-state index is -0.922. The van der Waals surface area contributed by atoms with Crippen molar-refractivity contribution < 1.29 is 19.1 Å². The van der Waals surface area contributed by atoms with Gasteiger partial charge in [-0.3, -0.25) is 4.90 Å². The number of hydrogen-bond acceptors (Lipinski definition) is 9. The molecule has 0 amide bonds. The molecule has 0 fully saturated rings. The number of nitriles is 1. The van der Waals surface area contributed by atoms with Gasteiger partial charge in [0.1, 0.15) is 17.0 Å². The quantitative estimate of drug-likeness (QED) is 0.379. The van der Waals surface area contributed by atoms with Crippen molar-refractivity contribution in [2.24, 2.45) is 5.73 Å². The predicted octanol–water partition coefficient (Wildman–Crippen LogP) is 3.38. The number of nitrogens with two attached hydrogens (primary N) is 1. The van der Waals surface area contributed by atoms with E-state index < -0.39 is 17.9 Å². The fourth-order valence-corrected chi connectivity index (χ4v) is 4.74. The Bertz CT molecular complexity index is 1670. The number of esters is 2. The zero-order valence-electron chi connectivity index (χ0n) is 21.2. The molecular weight excluding hydrogens is 496 g/mol. The highest BCUT2D eigenvalue weighted by atomic mass is 16.5. The summed E-state index contributed by atoms with van der Waals surface area (Å²) in [6.07, 6.45) is 0. The molecule has 1 aliphatic heterocycles. The summed E-state index contributed by atoms with van der Waals surface area (Å²) in [6, 6.07) is 25.9. The second-order valence-electron chi connectivity index (χ2n) is 8.74. The molecule has 4 aromatic rings. The minimum Gasteiger partial charge on any atom is -0.466 e. The Morgan fingerprint density at radius 2 is 1.62 bits per heavy atom. The average Bonchev–Trinajstić information content (AvgIpc) is 3.39. The Labute approximate surface area is 224 Å². The summed E-state index contributed by atoms with van der Waals surface area (Å²) in [6.45, 7) is 0.457. The molecule has 1 unspecified atom stereocenters. The lowest BCUT2D eigenvalue weighted by Gasteiger charge is -2.35. The van der Waals surface area contributed by atoms with Crippen molar-refractivity contribution in [3.8, 4) is 6.07 Å². The van der Waals surface area contributed by atoms with Crippen molar-refractivity contribution in [2.45, 2.75) is 12.5 Å². The lowest BCUT2D eigenvalue weighted by atomic mass is 9.81. The molecule has 0 saturated heterocycles. The van der Waals surface area contributed by atoms with Crippen LogP contribution in [-0.2, 0) is 25.6 Å². The Balaban J connectivity index is 1.62. The van der Waals surface area contributed by atoms with Gasteiger partial charge in [0.2, 0.25) is 0 Å². The number of rotatable bonds is 6. The van der Waals surface area contributed by atoms with E-state index in [0.717, 1.165) is 16.6 Å². The summed E-state index contributed by atoms with van der Waals surface area (Å²) in [5.74, 6) is -2.48. The molecule has 194 valence electrons. The van der Waals surface area contributed by atoms with E-state index >= 15 is 0 Å². The van der Waals surface area contributed by atoms with Crippen LogP contribution in [0.15, 0.2) is 102 Å². The normalized spacial score (nSPS) is 15.3. The van der Waals surface area contributed by atoms with Gasteiger partial charge in [0.15, 0.2) is 0 Å². The van der Waals surface area contributed by atoms with Crippen LogP contribution < -0.4 is 10.6 Å². The van der Waals surface area contributed by atoms with Gasteiger partial charge in [-0.25, -0.2) is 14.3 Å². The standard InChI is InChI=1S/C29H24N6O4/c1-38-28(36)25-24(19-8-4-3-5-9-19)21(16-30)27(31)35(26(25)29(37)39-2)20-14-12-18(13-15-20)17-34-23-11-7-6-10-22(23)32-33-34/h3-15,24H,17,31H2,1-2H3. The van der Waals surface area contributed by atoms with Crippen molar-refractivity contribution in [2.75, 3.05) is 19.1 Å². The van der Waals surface area contributed by atoms with Gasteiger partial charge in [-0.2, -0.15) is 5.26 Å². The predicted molar refractivity (Wildman–Crippen MR) is 143 cm³/mol. The van der Waals surface area contributed by atoms with Crippen LogP contribution in [0.2, 0.25) is 0 Å². The molecule has 1 aromatic heterocycles. The van der Waals surface area contributed by atoms with Crippen LogP contribution in [0.3, 0.4) is 0 Å². The highest BCUT2D eigenvalue weighted by molar-refractivity contribution is 6.06. The third kappa shape index (κ3) is 4.46. The van der Waals surface area contributed by atoms with Crippen LogP contribution in [0, 0.1) is 11.3 Å². The molecule has 0 aliphatic carbocycles. The van der Waals surface area contributed by atoms with Gasteiger partial charge in [0.05, 0.1) is 49.4 Å². The number of allylic oxidation sites excluding steroid dienone is 1. The molecule has 1 atom stereocenters. The fraction of sp³-hybridized carbons (Fsp3) is 0.138. The first-order chi connectivity index (χ1) is 19.0. The van der Waals surface area contributed by atoms with E-state index in [2.05, 4.69) is 16.4 Å². The van der Waals surface area contributed by atoms with Crippen molar-refractivity contribution in [3.05, 3.63) is 113 Å². The topological polar surface area (TPSA) is 136 Å². The van der Waals surface area contributed by atoms with E-state index in [-0.39, 0.29) is 22.7 Å². The highest BCUT2D eigenvalue weighted by Gasteiger charge is 2.42. The summed E-state index contributed by atoms with van der Waals surface area (Å²) < 4.78 is 11.9. The number of para-hydroxylation sites is 1. The zero-order chi connectivity index (χ0) is 27.5. The van der Waals surface area contributed by atoms with E-state index in [4.69, 9.17) is 15.2 Å². The van der Waals surface area contributed by atoms with Gasteiger partial charge in [0, 0.05) is 5.69 Å². The highest BCUT2D eigenvalue weighted by Crippen LogP contribution is 2.43. The molecule has 2 heterocycles. The average molecular weight is 521 g/mol. The summed E-state index contributed by atoms with van der Waals surface area (Å²) in [5.41, 5.74) is 10.2. The Morgan fingerprint density at radius 3 is 2.28 bits per heavy atom. The number of ether oxygens (including phenoxy) is 2. The second kappa shape index (κ2) is 10.5. The van der Waals surface area contributed by atoms with E-state index in [1.165, 1.54) is 19.1 Å². The Hall–Kier alpha value is -5.43. The molecule has 0 radical (unpaired) electrons. The largest absolute Gasteiger partial charge is 0.466 e. The Morgan fingerprint density at radius 1 is 0.949 bits per heavy atom. The van der Waals surface area contributed by atoms with Crippen molar-refractivity contribution in [1.82, 2.24) is 15.0 Å². The Kier molecular flexibility index (Phi) is 6.80.